The first-order valence-electron chi connectivity index (χ1n) is 12.7. The van der Waals surface area contributed by atoms with Crippen molar-refractivity contribution in [3.63, 3.8) is 0 Å². The number of carboxylic acid groups (broad SMARTS) is 1. The van der Waals surface area contributed by atoms with Gasteiger partial charge in [0.15, 0.2) is 0 Å². The number of rotatable bonds is 7. The van der Waals surface area contributed by atoms with E-state index in [-0.39, 0.29) is 18.2 Å². The lowest BCUT2D eigenvalue weighted by Gasteiger charge is -2.19. The topological polar surface area (TPSA) is 94.1 Å². The molecule has 0 saturated carbocycles. The number of aliphatic carboxylic acids is 1. The molecule has 7 heteroatoms. The van der Waals surface area contributed by atoms with Crippen LogP contribution in [-0.2, 0) is 11.2 Å². The number of ether oxygens (including phenoxy) is 2. The van der Waals surface area contributed by atoms with Crippen molar-refractivity contribution < 1.29 is 23.8 Å². The molecule has 1 heterocycles. The van der Waals surface area contributed by atoms with Crippen molar-refractivity contribution in [2.24, 2.45) is 10.7 Å². The van der Waals surface area contributed by atoms with Crippen molar-refractivity contribution in [2.75, 3.05) is 13.7 Å². The number of nitrogens with two attached hydrogens (primary N) is 1. The maximum Gasteiger partial charge on any atom is 0.304 e. The predicted molar refractivity (Wildman–Crippen MR) is 147 cm³/mol. The lowest BCUT2D eigenvalue weighted by molar-refractivity contribution is -0.137. The summed E-state index contributed by atoms with van der Waals surface area (Å²) in [6, 6.07) is 13.0. The zero-order valence-corrected chi connectivity index (χ0v) is 21.8. The van der Waals surface area contributed by atoms with Gasteiger partial charge in [-0.05, 0) is 72.2 Å². The Morgan fingerprint density at radius 1 is 1.21 bits per heavy atom. The summed E-state index contributed by atoms with van der Waals surface area (Å²) in [6.45, 7) is 4.45. The van der Waals surface area contributed by atoms with Gasteiger partial charge in [0.05, 0.1) is 13.0 Å². The van der Waals surface area contributed by atoms with Crippen LogP contribution in [0.25, 0.3) is 16.7 Å². The molecule has 1 aliphatic heterocycles. The number of benzene rings is 3. The third-order valence-electron chi connectivity index (χ3n) is 7.43. The first kappa shape index (κ1) is 25.5. The van der Waals surface area contributed by atoms with E-state index in [1.807, 2.05) is 18.2 Å². The second-order valence-corrected chi connectivity index (χ2v) is 9.93. The molecule has 3 aromatic rings. The Labute approximate surface area is 221 Å². The van der Waals surface area contributed by atoms with Crippen LogP contribution in [-0.4, -0.2) is 30.9 Å². The molecule has 2 aliphatic rings. The van der Waals surface area contributed by atoms with Crippen LogP contribution in [0.3, 0.4) is 0 Å². The lowest BCUT2D eigenvalue weighted by Crippen LogP contribution is -2.07. The highest BCUT2D eigenvalue weighted by atomic mass is 19.1. The van der Waals surface area contributed by atoms with E-state index in [0.717, 1.165) is 44.5 Å². The Balaban J connectivity index is 1.46. The van der Waals surface area contributed by atoms with Gasteiger partial charge in [0.25, 0.3) is 0 Å². The van der Waals surface area contributed by atoms with E-state index in [2.05, 4.69) is 31.0 Å². The number of hydrogen-bond donors (Lipinski definition) is 2. The normalized spacial score (nSPS) is 18.4. The molecule has 2 atom stereocenters. The van der Waals surface area contributed by atoms with Crippen molar-refractivity contribution in [3.8, 4) is 22.6 Å². The van der Waals surface area contributed by atoms with Crippen molar-refractivity contribution in [2.45, 2.75) is 45.1 Å². The number of fused-ring (bicyclic) bond motifs is 2. The summed E-state index contributed by atoms with van der Waals surface area (Å²) in [5, 5.41) is 9.14. The highest BCUT2D eigenvalue weighted by Crippen LogP contribution is 2.45. The molecule has 0 spiro atoms. The molecule has 196 valence electrons. The summed E-state index contributed by atoms with van der Waals surface area (Å²) in [6.07, 6.45) is 4.24. The van der Waals surface area contributed by atoms with Crippen molar-refractivity contribution in [1.82, 2.24) is 0 Å². The number of hydrogen-bond acceptors (Lipinski definition) is 5. The molecule has 1 aliphatic carbocycles. The molecule has 0 radical (unpaired) electrons. The fourth-order valence-electron chi connectivity index (χ4n) is 5.81. The summed E-state index contributed by atoms with van der Waals surface area (Å²) in [4.78, 5) is 15.2. The SMILES string of the molecule is CN=C/C(=C\N)c1cc(C)c(-c2ccc(F)c3c2CC[C@H]3Oc2ccc3c(c2)OC[C@H]3CC(=O)O)c(C)c1. The van der Waals surface area contributed by atoms with E-state index in [1.165, 1.54) is 6.07 Å². The third-order valence-corrected chi connectivity index (χ3v) is 7.43. The number of nitrogens with zero attached hydrogens (tertiary/aromatic N) is 1. The van der Waals surface area contributed by atoms with Gasteiger partial charge in [-0.25, -0.2) is 4.39 Å². The lowest BCUT2D eigenvalue weighted by atomic mass is 9.88. The molecule has 0 amide bonds. The van der Waals surface area contributed by atoms with Gasteiger partial charge in [-0.2, -0.15) is 0 Å². The van der Waals surface area contributed by atoms with Crippen LogP contribution < -0.4 is 15.2 Å². The molecule has 0 aromatic heterocycles. The number of aliphatic imine (C=N–C) groups is 1. The first-order chi connectivity index (χ1) is 18.3. The average molecular weight is 515 g/mol. The second kappa shape index (κ2) is 10.3. The van der Waals surface area contributed by atoms with Gasteiger partial charge >= 0.3 is 5.97 Å². The summed E-state index contributed by atoms with van der Waals surface area (Å²) < 4.78 is 27.3. The smallest absolute Gasteiger partial charge is 0.304 e. The molecule has 6 nitrogen and oxygen atoms in total. The number of allylic oxidation sites excluding steroid dienone is 1. The Bertz CT molecular complexity index is 1450. The Hall–Kier alpha value is -4.13. The molecule has 3 N–H and O–H groups in total. The molecule has 0 saturated heterocycles. The molecule has 0 fully saturated rings. The minimum absolute atomic E-state index is 0.0209. The average Bonchev–Trinajstić information content (AvgIpc) is 3.47. The standard InChI is InChI=1S/C31H31FN2O4/c1-17-10-19(21(14-33)15-34-3)11-18(2)30(17)24-6-8-26(32)31-25(24)7-9-27(31)38-22-4-5-23-20(12-29(35)36)16-37-28(23)13-22/h4-6,8,10-11,13-15,20,27H,7,9,12,16,33H2,1-3H3,(H,35,36)/b21-14+,34-15?/t20-,27-/m1/s1. The fraction of sp³-hybridized carbons (Fsp3) is 0.290. The second-order valence-electron chi connectivity index (χ2n) is 9.93. The van der Waals surface area contributed by atoms with E-state index in [1.54, 1.807) is 25.5 Å². The van der Waals surface area contributed by atoms with Gasteiger partial charge in [0.1, 0.15) is 23.4 Å². The summed E-state index contributed by atoms with van der Waals surface area (Å²) in [5.74, 6) is -0.0897. The van der Waals surface area contributed by atoms with Gasteiger partial charge in [0, 0.05) is 48.1 Å². The predicted octanol–water partition coefficient (Wildman–Crippen LogP) is 6.13. The summed E-state index contributed by atoms with van der Waals surface area (Å²) in [5.41, 5.74) is 14.3. The number of carbonyl (C=O) groups is 1. The van der Waals surface area contributed by atoms with Crippen LogP contribution in [0.5, 0.6) is 11.5 Å². The van der Waals surface area contributed by atoms with Crippen LogP contribution in [0.1, 0.15) is 58.2 Å². The maximum absolute atomic E-state index is 15.2. The van der Waals surface area contributed by atoms with Crippen LogP contribution in [0, 0.1) is 19.7 Å². The largest absolute Gasteiger partial charge is 0.492 e. The minimum atomic E-state index is -0.855. The Morgan fingerprint density at radius 2 is 1.97 bits per heavy atom. The summed E-state index contributed by atoms with van der Waals surface area (Å²) >= 11 is 0. The first-order valence-corrected chi connectivity index (χ1v) is 12.7. The van der Waals surface area contributed by atoms with Gasteiger partial charge in [0.2, 0.25) is 0 Å². The fourth-order valence-corrected chi connectivity index (χ4v) is 5.81. The quantitative estimate of drug-likeness (QED) is 0.370. The zero-order valence-electron chi connectivity index (χ0n) is 21.8. The molecule has 0 bridgehead atoms. The molecule has 5 rings (SSSR count). The highest BCUT2D eigenvalue weighted by molar-refractivity contribution is 6.09. The molecular weight excluding hydrogens is 483 g/mol. The van der Waals surface area contributed by atoms with E-state index in [4.69, 9.17) is 20.3 Å². The van der Waals surface area contributed by atoms with Crippen LogP contribution >= 0.6 is 0 Å². The molecule has 0 unspecified atom stereocenters. The van der Waals surface area contributed by atoms with Gasteiger partial charge < -0.3 is 20.3 Å². The highest BCUT2D eigenvalue weighted by Gasteiger charge is 2.32. The zero-order chi connectivity index (χ0) is 27.0. The Kier molecular flexibility index (Phi) is 6.93. The maximum atomic E-state index is 15.2. The third kappa shape index (κ3) is 4.64. The molecule has 3 aromatic carbocycles. The van der Waals surface area contributed by atoms with E-state index in [9.17, 15) is 4.79 Å². The van der Waals surface area contributed by atoms with E-state index < -0.39 is 12.1 Å². The minimum Gasteiger partial charge on any atom is -0.492 e. The van der Waals surface area contributed by atoms with Crippen LogP contribution in [0.4, 0.5) is 4.39 Å². The number of halogens is 1. The van der Waals surface area contributed by atoms with Crippen molar-refractivity contribution in [3.05, 3.63) is 87.9 Å². The number of aryl methyl sites for hydroxylation is 2. The molecular formula is C31H31FN2O4. The van der Waals surface area contributed by atoms with Crippen molar-refractivity contribution >= 4 is 17.8 Å². The van der Waals surface area contributed by atoms with E-state index >= 15 is 4.39 Å². The van der Waals surface area contributed by atoms with Gasteiger partial charge in [-0.3, -0.25) is 9.79 Å². The van der Waals surface area contributed by atoms with Crippen LogP contribution in [0.2, 0.25) is 0 Å². The van der Waals surface area contributed by atoms with E-state index in [0.29, 0.717) is 36.5 Å². The number of carboxylic acids is 1. The summed E-state index contributed by atoms with van der Waals surface area (Å²) in [7, 11) is 1.71. The molecule has 38 heavy (non-hydrogen) atoms. The van der Waals surface area contributed by atoms with Crippen LogP contribution in [0.15, 0.2) is 53.7 Å². The Morgan fingerprint density at radius 3 is 2.66 bits per heavy atom. The van der Waals surface area contributed by atoms with Gasteiger partial charge in [-0.1, -0.05) is 24.3 Å². The van der Waals surface area contributed by atoms with Gasteiger partial charge in [-0.15, -0.1) is 0 Å². The monoisotopic (exact) mass is 514 g/mol. The van der Waals surface area contributed by atoms with Crippen molar-refractivity contribution in [1.29, 1.82) is 0 Å².